The van der Waals surface area contributed by atoms with Crippen LogP contribution in [-0.2, 0) is 9.59 Å². The van der Waals surface area contributed by atoms with E-state index in [1.165, 1.54) is 4.90 Å². The molecule has 3 rings (SSSR count). The van der Waals surface area contributed by atoms with Gasteiger partial charge in [-0.15, -0.1) is 0 Å². The van der Waals surface area contributed by atoms with Crippen molar-refractivity contribution >= 4 is 23.6 Å². The van der Waals surface area contributed by atoms with Crippen LogP contribution in [0.5, 0.6) is 0 Å². The van der Waals surface area contributed by atoms with Gasteiger partial charge in [-0.2, -0.15) is 0 Å². The van der Waals surface area contributed by atoms with Crippen LogP contribution in [0.15, 0.2) is 4.99 Å². The first kappa shape index (κ1) is 19.0. The monoisotopic (exact) mass is 363 g/mol. The molecule has 2 aliphatic carbocycles. The van der Waals surface area contributed by atoms with E-state index in [2.05, 4.69) is 11.1 Å². The van der Waals surface area contributed by atoms with Gasteiger partial charge in [0.05, 0.1) is 0 Å². The van der Waals surface area contributed by atoms with Crippen molar-refractivity contribution in [3.63, 3.8) is 0 Å². The van der Waals surface area contributed by atoms with Crippen LogP contribution in [0.2, 0.25) is 0 Å². The standard InChI is InChI=1S/C19H30N4O3/c1-2-14(21-15-11-7-6-10-13(15)20)16-17(24)22-19(26)23(18(16)25)12-8-4-3-5-9-12/h12-13,15-16H,2-11,20H2,1H3,(H,22,24,26)/p+1/t13-,15+,16?/m0/s1. The summed E-state index contributed by atoms with van der Waals surface area (Å²) in [6.07, 6.45) is 9.58. The Kier molecular flexibility index (Phi) is 6.06. The van der Waals surface area contributed by atoms with E-state index in [1.807, 2.05) is 6.92 Å². The van der Waals surface area contributed by atoms with Crippen LogP contribution in [0.25, 0.3) is 0 Å². The average molecular weight is 363 g/mol. The van der Waals surface area contributed by atoms with Crippen LogP contribution in [0.3, 0.4) is 0 Å². The van der Waals surface area contributed by atoms with E-state index < -0.39 is 17.9 Å². The van der Waals surface area contributed by atoms with E-state index in [1.54, 1.807) is 0 Å². The molecular formula is C19H31N4O3+. The second-order valence-corrected chi connectivity index (χ2v) is 7.81. The van der Waals surface area contributed by atoms with Crippen LogP contribution >= 0.6 is 0 Å². The molecule has 144 valence electrons. The zero-order valence-corrected chi connectivity index (χ0v) is 15.7. The summed E-state index contributed by atoms with van der Waals surface area (Å²) in [5.41, 5.74) is 4.79. The number of hydrogen-bond donors (Lipinski definition) is 2. The van der Waals surface area contributed by atoms with Crippen molar-refractivity contribution in [2.24, 2.45) is 10.9 Å². The zero-order valence-electron chi connectivity index (χ0n) is 15.7. The molecule has 0 aromatic heterocycles. The molecule has 4 amide bonds. The van der Waals surface area contributed by atoms with E-state index >= 15 is 0 Å². The molecule has 1 aliphatic heterocycles. The maximum atomic E-state index is 13.1. The SMILES string of the molecule is CCC(=N[C@@H]1CCCC[C@@H]1[NH3+])C1C(=O)NC(=O)N(C2CCCCC2)C1=O. The zero-order chi connectivity index (χ0) is 18.7. The lowest BCUT2D eigenvalue weighted by Gasteiger charge is -2.38. The number of aliphatic imine (C=N–C) groups is 1. The molecule has 1 heterocycles. The molecule has 2 saturated carbocycles. The van der Waals surface area contributed by atoms with Gasteiger partial charge < -0.3 is 5.73 Å². The highest BCUT2D eigenvalue weighted by Gasteiger charge is 2.46. The second-order valence-electron chi connectivity index (χ2n) is 7.81. The lowest BCUT2D eigenvalue weighted by molar-refractivity contribution is -0.428. The first-order valence-corrected chi connectivity index (χ1v) is 10.1. The third kappa shape index (κ3) is 3.82. The quantitative estimate of drug-likeness (QED) is 0.582. The predicted octanol–water partition coefficient (Wildman–Crippen LogP) is 1.42. The number of carbonyl (C=O) groups is 3. The average Bonchev–Trinajstić information content (AvgIpc) is 2.63. The largest absolute Gasteiger partial charge is 0.353 e. The number of imide groups is 2. The van der Waals surface area contributed by atoms with Crippen molar-refractivity contribution in [3.8, 4) is 0 Å². The fourth-order valence-electron chi connectivity index (χ4n) is 4.51. The van der Waals surface area contributed by atoms with Crippen molar-refractivity contribution in [1.29, 1.82) is 0 Å². The van der Waals surface area contributed by atoms with E-state index in [-0.39, 0.29) is 24.0 Å². The Hall–Kier alpha value is -1.76. The molecule has 7 nitrogen and oxygen atoms in total. The van der Waals surface area contributed by atoms with Crippen LogP contribution in [0, 0.1) is 5.92 Å². The first-order valence-electron chi connectivity index (χ1n) is 10.1. The molecule has 0 aromatic rings. The number of barbiturate groups is 1. The minimum atomic E-state index is -0.964. The minimum Gasteiger partial charge on any atom is -0.353 e. The van der Waals surface area contributed by atoms with Crippen LogP contribution < -0.4 is 11.1 Å². The van der Waals surface area contributed by atoms with Gasteiger partial charge in [0.2, 0.25) is 11.8 Å². The molecule has 1 saturated heterocycles. The van der Waals surface area contributed by atoms with Gasteiger partial charge in [0.25, 0.3) is 0 Å². The summed E-state index contributed by atoms with van der Waals surface area (Å²) in [5, 5.41) is 2.40. The van der Waals surface area contributed by atoms with Gasteiger partial charge in [0, 0.05) is 18.2 Å². The number of nitrogens with zero attached hydrogens (tertiary/aromatic N) is 2. The number of quaternary nitrogens is 1. The molecule has 26 heavy (non-hydrogen) atoms. The summed E-state index contributed by atoms with van der Waals surface area (Å²) in [7, 11) is 0. The summed E-state index contributed by atoms with van der Waals surface area (Å²) in [6.45, 7) is 1.92. The molecule has 1 unspecified atom stereocenters. The molecule has 7 heteroatoms. The van der Waals surface area contributed by atoms with Gasteiger partial charge in [0.1, 0.15) is 12.1 Å². The van der Waals surface area contributed by atoms with E-state index in [9.17, 15) is 14.4 Å². The summed E-state index contributed by atoms with van der Waals surface area (Å²) < 4.78 is 0. The highest BCUT2D eigenvalue weighted by atomic mass is 16.2. The fraction of sp³-hybridized carbons (Fsp3) is 0.789. The molecule has 3 aliphatic rings. The Bertz CT molecular complexity index is 598. The van der Waals surface area contributed by atoms with Gasteiger partial charge in [-0.05, 0) is 32.1 Å². The molecule has 3 fully saturated rings. The smallest absolute Gasteiger partial charge is 0.331 e. The highest BCUT2D eigenvalue weighted by molar-refractivity contribution is 6.27. The molecule has 3 atom stereocenters. The number of amides is 4. The topological polar surface area (TPSA) is 106 Å². The molecule has 4 N–H and O–H groups in total. The summed E-state index contributed by atoms with van der Waals surface area (Å²) in [5.74, 6) is -1.87. The van der Waals surface area contributed by atoms with Crippen LogP contribution in [-0.4, -0.2) is 46.6 Å². The van der Waals surface area contributed by atoms with Crippen molar-refractivity contribution in [1.82, 2.24) is 10.2 Å². The van der Waals surface area contributed by atoms with E-state index in [0.29, 0.717) is 12.1 Å². The Morgan fingerprint density at radius 3 is 2.38 bits per heavy atom. The number of hydrogen-bond acceptors (Lipinski definition) is 4. The molecular weight excluding hydrogens is 332 g/mol. The van der Waals surface area contributed by atoms with Gasteiger partial charge in [-0.25, -0.2) is 4.79 Å². The molecule has 0 bridgehead atoms. The number of urea groups is 1. The number of rotatable bonds is 4. The Morgan fingerprint density at radius 1 is 1.08 bits per heavy atom. The molecule has 0 radical (unpaired) electrons. The minimum absolute atomic E-state index is 0.0695. The first-order chi connectivity index (χ1) is 12.5. The third-order valence-corrected chi connectivity index (χ3v) is 6.03. The van der Waals surface area contributed by atoms with Gasteiger partial charge in [0.15, 0.2) is 5.92 Å². The summed E-state index contributed by atoms with van der Waals surface area (Å²) >= 11 is 0. The lowest BCUT2D eigenvalue weighted by Crippen LogP contribution is -2.67. The summed E-state index contributed by atoms with van der Waals surface area (Å²) in [6, 6.07) is -0.366. The summed E-state index contributed by atoms with van der Waals surface area (Å²) in [4.78, 5) is 44.0. The highest BCUT2D eigenvalue weighted by Crippen LogP contribution is 2.27. The second kappa shape index (κ2) is 8.29. The van der Waals surface area contributed by atoms with Crippen molar-refractivity contribution in [2.45, 2.75) is 89.3 Å². The van der Waals surface area contributed by atoms with Gasteiger partial charge >= 0.3 is 6.03 Å². The Morgan fingerprint density at radius 2 is 1.73 bits per heavy atom. The Balaban J connectivity index is 1.84. The third-order valence-electron chi connectivity index (χ3n) is 6.03. The van der Waals surface area contributed by atoms with Crippen molar-refractivity contribution in [2.75, 3.05) is 0 Å². The predicted molar refractivity (Wildman–Crippen MR) is 97.4 cm³/mol. The van der Waals surface area contributed by atoms with E-state index in [0.717, 1.165) is 57.8 Å². The molecule has 0 aromatic carbocycles. The lowest BCUT2D eigenvalue weighted by atomic mass is 9.89. The van der Waals surface area contributed by atoms with Crippen molar-refractivity contribution in [3.05, 3.63) is 0 Å². The number of nitrogens with one attached hydrogen (secondary N) is 1. The van der Waals surface area contributed by atoms with Crippen LogP contribution in [0.1, 0.15) is 71.1 Å². The molecule has 0 spiro atoms. The maximum Gasteiger partial charge on any atom is 0.331 e. The number of carbonyl (C=O) groups excluding carboxylic acids is 3. The van der Waals surface area contributed by atoms with E-state index in [4.69, 9.17) is 4.99 Å². The Labute approximate surface area is 154 Å². The maximum absolute atomic E-state index is 13.1. The van der Waals surface area contributed by atoms with Gasteiger partial charge in [-0.3, -0.25) is 24.8 Å². The van der Waals surface area contributed by atoms with Crippen LogP contribution in [0.4, 0.5) is 4.79 Å². The van der Waals surface area contributed by atoms with Gasteiger partial charge in [-0.1, -0.05) is 32.6 Å². The normalized spacial score (nSPS) is 31.9. The fourth-order valence-corrected chi connectivity index (χ4v) is 4.51. The van der Waals surface area contributed by atoms with Crippen molar-refractivity contribution < 1.29 is 20.1 Å².